The minimum atomic E-state index is -3.66. The van der Waals surface area contributed by atoms with Crippen LogP contribution in [0.5, 0.6) is 0 Å². The molecule has 1 spiro atoms. The number of sulfonamides is 1. The number of hydrogen-bond donors (Lipinski definition) is 2. The smallest absolute Gasteiger partial charge is 0.250 e. The minimum Gasteiger partial charge on any atom is -0.324 e. The van der Waals surface area contributed by atoms with Gasteiger partial charge in [-0.3, -0.25) is 14.5 Å². The molecule has 0 bridgehead atoms. The Morgan fingerprint density at radius 3 is 2.49 bits per heavy atom. The molecule has 3 aliphatic heterocycles. The van der Waals surface area contributed by atoms with Crippen molar-refractivity contribution in [2.24, 2.45) is 11.8 Å². The number of rotatable bonds is 6. The fourth-order valence-corrected chi connectivity index (χ4v) is 8.50. The SMILES string of the molecule is CNS(=O)(=O)c1ccc(N2CC[C@H]3[C@@H](C2=O)[C@H](c2cccc(Cl)c2F)[C@]2(C(=O)Nc4cc(Cl)ccc42)N3CC2CC2)cc1. The molecule has 7 rings (SSSR count). The molecule has 2 N–H and O–H groups in total. The summed E-state index contributed by atoms with van der Waals surface area (Å²) in [6.07, 6.45) is 2.59. The quantitative estimate of drug-likeness (QED) is 0.389. The predicted molar refractivity (Wildman–Crippen MR) is 162 cm³/mol. The number of benzene rings is 3. The number of hydrogen-bond acceptors (Lipinski definition) is 5. The second-order valence-electron chi connectivity index (χ2n) is 11.7. The number of piperidine rings is 1. The zero-order valence-corrected chi connectivity index (χ0v) is 25.5. The molecule has 0 aromatic heterocycles. The van der Waals surface area contributed by atoms with Gasteiger partial charge >= 0.3 is 0 Å². The molecule has 3 aromatic rings. The van der Waals surface area contributed by atoms with Gasteiger partial charge < -0.3 is 10.2 Å². The summed E-state index contributed by atoms with van der Waals surface area (Å²) in [7, 11) is -2.33. The van der Waals surface area contributed by atoms with Crippen molar-refractivity contribution in [3.05, 3.63) is 87.7 Å². The van der Waals surface area contributed by atoms with E-state index < -0.39 is 33.2 Å². The average Bonchev–Trinajstić information content (AvgIpc) is 3.71. The van der Waals surface area contributed by atoms with Gasteiger partial charge in [-0.1, -0.05) is 41.4 Å². The first-order valence-electron chi connectivity index (χ1n) is 14.2. The van der Waals surface area contributed by atoms with Gasteiger partial charge in [-0.05, 0) is 80.3 Å². The molecule has 2 saturated heterocycles. The van der Waals surface area contributed by atoms with Crippen LogP contribution in [0, 0.1) is 17.7 Å². The van der Waals surface area contributed by atoms with E-state index in [0.717, 1.165) is 12.8 Å². The lowest BCUT2D eigenvalue weighted by atomic mass is 9.70. The van der Waals surface area contributed by atoms with Crippen molar-refractivity contribution in [1.29, 1.82) is 0 Å². The molecule has 224 valence electrons. The van der Waals surface area contributed by atoms with Gasteiger partial charge in [0.05, 0.1) is 15.8 Å². The van der Waals surface area contributed by atoms with Crippen LogP contribution >= 0.6 is 23.2 Å². The molecule has 43 heavy (non-hydrogen) atoms. The summed E-state index contributed by atoms with van der Waals surface area (Å²) in [5.74, 6) is -2.52. The molecule has 12 heteroatoms. The van der Waals surface area contributed by atoms with Gasteiger partial charge in [0.1, 0.15) is 11.4 Å². The number of fused-ring (bicyclic) bond motifs is 3. The van der Waals surface area contributed by atoms with Crippen LogP contribution in [0.3, 0.4) is 0 Å². The molecule has 3 aromatic carbocycles. The second-order valence-corrected chi connectivity index (χ2v) is 14.4. The third kappa shape index (κ3) is 4.33. The van der Waals surface area contributed by atoms with E-state index in [9.17, 15) is 18.0 Å². The van der Waals surface area contributed by atoms with Crippen LogP contribution in [0.4, 0.5) is 15.8 Å². The molecule has 0 radical (unpaired) electrons. The molecule has 8 nitrogen and oxygen atoms in total. The molecule has 1 aliphatic carbocycles. The molecule has 1 saturated carbocycles. The van der Waals surface area contributed by atoms with Crippen LogP contribution in [0.2, 0.25) is 10.0 Å². The van der Waals surface area contributed by atoms with Crippen LogP contribution in [0.15, 0.2) is 65.6 Å². The summed E-state index contributed by atoms with van der Waals surface area (Å²) in [6.45, 7) is 0.953. The molecular weight excluding hydrogens is 614 g/mol. The number of nitrogens with zero attached hydrogens (tertiary/aromatic N) is 2. The van der Waals surface area contributed by atoms with E-state index in [1.54, 1.807) is 41.3 Å². The van der Waals surface area contributed by atoms with Crippen LogP contribution in [0.1, 0.15) is 36.3 Å². The van der Waals surface area contributed by atoms with Gasteiger partial charge in [-0.15, -0.1) is 0 Å². The Labute approximate surface area is 259 Å². The lowest BCUT2D eigenvalue weighted by Gasteiger charge is -2.40. The highest BCUT2D eigenvalue weighted by Crippen LogP contribution is 2.62. The van der Waals surface area contributed by atoms with E-state index in [2.05, 4.69) is 14.9 Å². The van der Waals surface area contributed by atoms with E-state index >= 15 is 4.39 Å². The molecule has 4 atom stereocenters. The van der Waals surface area contributed by atoms with Gasteiger partial charge in [0.15, 0.2) is 0 Å². The molecule has 0 unspecified atom stereocenters. The third-order valence-corrected chi connectivity index (χ3v) is 11.4. The maximum atomic E-state index is 16.1. The highest BCUT2D eigenvalue weighted by atomic mass is 35.5. The Kier molecular flexibility index (Phi) is 6.87. The fraction of sp³-hybridized carbons (Fsp3) is 0.355. The van der Waals surface area contributed by atoms with Crippen molar-refractivity contribution in [3.8, 4) is 0 Å². The molecule has 3 heterocycles. The topological polar surface area (TPSA) is 98.8 Å². The Morgan fingerprint density at radius 2 is 1.79 bits per heavy atom. The summed E-state index contributed by atoms with van der Waals surface area (Å²) >= 11 is 12.7. The number of anilines is 2. The zero-order valence-electron chi connectivity index (χ0n) is 23.2. The Hall–Kier alpha value is -3.02. The highest BCUT2D eigenvalue weighted by molar-refractivity contribution is 7.89. The Morgan fingerprint density at radius 1 is 1.05 bits per heavy atom. The number of nitrogens with one attached hydrogen (secondary N) is 2. The van der Waals surface area contributed by atoms with Crippen molar-refractivity contribution >= 4 is 56.4 Å². The first kappa shape index (κ1) is 28.7. The van der Waals surface area contributed by atoms with Gasteiger partial charge in [0, 0.05) is 47.0 Å². The largest absolute Gasteiger partial charge is 0.324 e. The van der Waals surface area contributed by atoms with Crippen LogP contribution in [-0.2, 0) is 25.2 Å². The van der Waals surface area contributed by atoms with E-state index in [1.807, 2.05) is 6.07 Å². The number of carbonyl (C=O) groups excluding carboxylic acids is 2. The summed E-state index contributed by atoms with van der Waals surface area (Å²) < 4.78 is 43.0. The van der Waals surface area contributed by atoms with Crippen LogP contribution < -0.4 is 14.9 Å². The second kappa shape index (κ2) is 10.3. The summed E-state index contributed by atoms with van der Waals surface area (Å²) in [5.41, 5.74) is 0.600. The average molecular weight is 644 g/mol. The number of amides is 2. The van der Waals surface area contributed by atoms with Gasteiger partial charge in [-0.25, -0.2) is 17.5 Å². The number of likely N-dealkylation sites (tertiary alicyclic amines) is 1. The van der Waals surface area contributed by atoms with Gasteiger partial charge in [0.25, 0.3) is 0 Å². The van der Waals surface area contributed by atoms with Crippen molar-refractivity contribution in [2.45, 2.75) is 41.7 Å². The van der Waals surface area contributed by atoms with Gasteiger partial charge in [0.2, 0.25) is 21.8 Å². The van der Waals surface area contributed by atoms with E-state index in [-0.39, 0.29) is 33.3 Å². The number of halogens is 3. The van der Waals surface area contributed by atoms with Crippen molar-refractivity contribution in [1.82, 2.24) is 9.62 Å². The maximum Gasteiger partial charge on any atom is 0.250 e. The first-order chi connectivity index (χ1) is 20.6. The summed E-state index contributed by atoms with van der Waals surface area (Å²) in [6, 6.07) is 15.7. The fourth-order valence-electron chi connectivity index (χ4n) is 7.41. The van der Waals surface area contributed by atoms with Crippen LogP contribution in [-0.4, -0.2) is 51.3 Å². The van der Waals surface area contributed by atoms with E-state index in [1.165, 1.54) is 25.2 Å². The Bertz CT molecular complexity index is 1770. The van der Waals surface area contributed by atoms with Crippen molar-refractivity contribution in [2.75, 3.05) is 30.4 Å². The summed E-state index contributed by atoms with van der Waals surface area (Å²) in [4.78, 5) is 32.9. The maximum absolute atomic E-state index is 16.1. The van der Waals surface area contributed by atoms with Gasteiger partial charge in [-0.2, -0.15) is 0 Å². The third-order valence-electron chi connectivity index (χ3n) is 9.46. The van der Waals surface area contributed by atoms with Crippen molar-refractivity contribution < 1.29 is 22.4 Å². The molecule has 4 aliphatic rings. The summed E-state index contributed by atoms with van der Waals surface area (Å²) in [5, 5.41) is 3.39. The molecule has 3 fully saturated rings. The minimum absolute atomic E-state index is 0.0771. The molecule has 2 amide bonds. The van der Waals surface area contributed by atoms with E-state index in [4.69, 9.17) is 23.2 Å². The Balaban J connectivity index is 1.41. The van der Waals surface area contributed by atoms with Crippen LogP contribution in [0.25, 0.3) is 0 Å². The predicted octanol–water partition coefficient (Wildman–Crippen LogP) is 5.12. The monoisotopic (exact) mass is 642 g/mol. The zero-order chi connectivity index (χ0) is 30.3. The standard InChI is InChI=1S/C31H29Cl2FN4O4S/c1-35-43(41,42)20-10-8-19(9-11-20)37-14-13-25-26(29(37)39)27(21-3-2-4-23(33)28(21)34)31(38(25)16-17-5-6-17)22-12-7-18(32)15-24(22)36-30(31)40/h2-4,7-12,15,17,25-27,35H,5-6,13-14,16H2,1H3,(H,36,40)/t25-,26+,27-,31+/m0/s1. The van der Waals surface area contributed by atoms with E-state index in [0.29, 0.717) is 47.4 Å². The van der Waals surface area contributed by atoms with Crippen molar-refractivity contribution in [3.63, 3.8) is 0 Å². The lowest BCUT2D eigenvalue weighted by molar-refractivity contribution is -0.128. The molecular formula is C31H29Cl2FN4O4S. The first-order valence-corrected chi connectivity index (χ1v) is 16.5. The highest BCUT2D eigenvalue weighted by Gasteiger charge is 2.70. The lowest BCUT2D eigenvalue weighted by Crippen LogP contribution is -2.54. The normalized spacial score (nSPS) is 27.0. The number of carbonyl (C=O) groups is 2.